The van der Waals surface area contributed by atoms with Gasteiger partial charge in [0.15, 0.2) is 0 Å². The fourth-order valence-electron chi connectivity index (χ4n) is 2.97. The van der Waals surface area contributed by atoms with Gasteiger partial charge in [0, 0.05) is 0 Å². The topological polar surface area (TPSA) is 88.1 Å². The minimum absolute atomic E-state index is 0.235. The van der Waals surface area contributed by atoms with Crippen molar-refractivity contribution in [2.75, 3.05) is 18.0 Å². The Labute approximate surface area is 204 Å². The van der Waals surface area contributed by atoms with Crippen LogP contribution in [-0.4, -0.2) is 34.2 Å². The Kier molecular flexibility index (Phi) is 8.03. The first-order valence-corrected chi connectivity index (χ1v) is 11.7. The Bertz CT molecular complexity index is 1330. The summed E-state index contributed by atoms with van der Waals surface area (Å²) in [7, 11) is -2.98. The minimum Gasteiger partial charge on any atom is -0.497 e. The molecule has 1 amide bonds. The number of alkyl halides is 3. The van der Waals surface area contributed by atoms with E-state index in [2.05, 4.69) is 10.5 Å². The fraction of sp³-hybridized carbons (Fsp3) is 0.130. The van der Waals surface area contributed by atoms with Crippen molar-refractivity contribution >= 4 is 39.4 Å². The largest absolute Gasteiger partial charge is 0.497 e. The van der Waals surface area contributed by atoms with Gasteiger partial charge in [0.05, 0.1) is 34.5 Å². The first kappa shape index (κ1) is 26.0. The lowest BCUT2D eigenvalue weighted by Crippen LogP contribution is -2.40. The first-order chi connectivity index (χ1) is 16.5. The average Bonchev–Trinajstić information content (AvgIpc) is 2.83. The summed E-state index contributed by atoms with van der Waals surface area (Å²) >= 11 is 6.08. The van der Waals surface area contributed by atoms with Crippen LogP contribution in [0.5, 0.6) is 5.75 Å². The zero-order valence-corrected chi connectivity index (χ0v) is 19.7. The summed E-state index contributed by atoms with van der Waals surface area (Å²) in [6.07, 6.45) is -3.46. The number of halogens is 4. The van der Waals surface area contributed by atoms with Crippen LogP contribution in [0.25, 0.3) is 0 Å². The van der Waals surface area contributed by atoms with E-state index in [0.29, 0.717) is 21.7 Å². The molecule has 0 aromatic heterocycles. The second-order valence-corrected chi connectivity index (χ2v) is 9.33. The number of carbonyl (C=O) groups excluding carboxylic acids is 1. The number of nitrogens with zero attached hydrogens (tertiary/aromatic N) is 2. The van der Waals surface area contributed by atoms with E-state index in [-0.39, 0.29) is 9.92 Å². The third kappa shape index (κ3) is 6.52. The molecule has 0 saturated heterocycles. The number of anilines is 1. The van der Waals surface area contributed by atoms with E-state index in [1.165, 1.54) is 37.6 Å². The molecule has 0 aliphatic rings. The van der Waals surface area contributed by atoms with E-state index in [0.717, 1.165) is 12.1 Å². The second-order valence-electron chi connectivity index (χ2n) is 7.06. The molecular formula is C23H19ClF3N3O4S. The third-order valence-corrected chi connectivity index (χ3v) is 6.75. The fourth-order valence-corrected chi connectivity index (χ4v) is 4.69. The zero-order valence-electron chi connectivity index (χ0n) is 18.2. The summed E-state index contributed by atoms with van der Waals surface area (Å²) in [5, 5.41) is 3.50. The van der Waals surface area contributed by atoms with Crippen LogP contribution >= 0.6 is 11.6 Å². The number of carbonyl (C=O) groups is 1. The van der Waals surface area contributed by atoms with Gasteiger partial charge in [0.1, 0.15) is 12.3 Å². The highest BCUT2D eigenvalue weighted by Crippen LogP contribution is 2.37. The standard InChI is InChI=1S/C23H19ClF3N3O4S/c1-34-18-7-5-6-16(12-18)14-28-29-22(31)15-30(35(32,33)19-8-3-2-4-9-19)21-13-17(23(25,26)27)10-11-20(21)24/h2-14H,15H2,1H3,(H,29,31)/b28-14-. The van der Waals surface area contributed by atoms with Crippen LogP contribution in [-0.2, 0) is 21.0 Å². The molecule has 35 heavy (non-hydrogen) atoms. The summed E-state index contributed by atoms with van der Waals surface area (Å²) in [5.74, 6) is -0.350. The molecule has 0 saturated carbocycles. The maximum atomic E-state index is 13.3. The number of nitrogens with one attached hydrogen (secondary N) is 1. The molecule has 3 rings (SSSR count). The van der Waals surface area contributed by atoms with Crippen molar-refractivity contribution in [2.24, 2.45) is 5.10 Å². The SMILES string of the molecule is COc1cccc(/C=N\NC(=O)CN(c2cc(C(F)(F)F)ccc2Cl)S(=O)(=O)c2ccccc2)c1. The minimum atomic E-state index is -4.76. The van der Waals surface area contributed by atoms with Gasteiger partial charge in [0.25, 0.3) is 15.9 Å². The van der Waals surface area contributed by atoms with E-state index >= 15 is 0 Å². The summed E-state index contributed by atoms with van der Waals surface area (Å²) < 4.78 is 72.1. The van der Waals surface area contributed by atoms with Crippen molar-refractivity contribution in [1.29, 1.82) is 0 Å². The van der Waals surface area contributed by atoms with Crippen LogP contribution in [0.2, 0.25) is 5.02 Å². The van der Waals surface area contributed by atoms with Gasteiger partial charge in [-0.1, -0.05) is 41.9 Å². The van der Waals surface area contributed by atoms with Crippen molar-refractivity contribution in [3.05, 3.63) is 88.9 Å². The van der Waals surface area contributed by atoms with Gasteiger partial charge in [0.2, 0.25) is 0 Å². The molecule has 7 nitrogen and oxygen atoms in total. The molecule has 3 aromatic carbocycles. The van der Waals surface area contributed by atoms with Crippen molar-refractivity contribution in [3.63, 3.8) is 0 Å². The Hall–Kier alpha value is -3.57. The van der Waals surface area contributed by atoms with Gasteiger partial charge in [-0.3, -0.25) is 9.10 Å². The lowest BCUT2D eigenvalue weighted by Gasteiger charge is -2.25. The number of hydrogen-bond acceptors (Lipinski definition) is 5. The van der Waals surface area contributed by atoms with Crippen molar-refractivity contribution in [1.82, 2.24) is 5.43 Å². The molecule has 0 aliphatic carbocycles. The number of amides is 1. The Morgan fingerprint density at radius 2 is 1.80 bits per heavy atom. The maximum Gasteiger partial charge on any atom is 0.416 e. The van der Waals surface area contributed by atoms with Crippen LogP contribution in [0.3, 0.4) is 0 Å². The molecule has 0 radical (unpaired) electrons. The van der Waals surface area contributed by atoms with E-state index in [1.807, 2.05) is 0 Å². The monoisotopic (exact) mass is 525 g/mol. The normalized spacial score (nSPS) is 11.9. The highest BCUT2D eigenvalue weighted by Gasteiger charge is 2.34. The van der Waals surface area contributed by atoms with Gasteiger partial charge in [-0.25, -0.2) is 13.8 Å². The van der Waals surface area contributed by atoms with E-state index in [4.69, 9.17) is 16.3 Å². The molecule has 0 atom stereocenters. The molecule has 0 bridgehead atoms. The quantitative estimate of drug-likeness (QED) is 0.341. The Morgan fingerprint density at radius 3 is 2.46 bits per heavy atom. The van der Waals surface area contributed by atoms with Crippen LogP contribution in [0, 0.1) is 0 Å². The lowest BCUT2D eigenvalue weighted by atomic mass is 10.2. The van der Waals surface area contributed by atoms with Gasteiger partial charge >= 0.3 is 6.18 Å². The van der Waals surface area contributed by atoms with Crippen molar-refractivity contribution < 1.29 is 31.1 Å². The third-order valence-electron chi connectivity index (χ3n) is 4.66. The van der Waals surface area contributed by atoms with Crippen LogP contribution in [0.1, 0.15) is 11.1 Å². The van der Waals surface area contributed by atoms with Gasteiger partial charge in [-0.05, 0) is 48.0 Å². The number of methoxy groups -OCH3 is 1. The second kappa shape index (κ2) is 10.8. The maximum absolute atomic E-state index is 13.3. The number of hydrazone groups is 1. The Balaban J connectivity index is 1.94. The Morgan fingerprint density at radius 1 is 1.09 bits per heavy atom. The van der Waals surface area contributed by atoms with Gasteiger partial charge < -0.3 is 4.74 Å². The summed E-state index contributed by atoms with van der Waals surface area (Å²) in [5.41, 5.74) is 1.13. The van der Waals surface area contributed by atoms with Crippen molar-refractivity contribution in [2.45, 2.75) is 11.1 Å². The van der Waals surface area contributed by atoms with E-state index < -0.39 is 39.9 Å². The highest BCUT2D eigenvalue weighted by molar-refractivity contribution is 7.92. The smallest absolute Gasteiger partial charge is 0.416 e. The molecule has 0 spiro atoms. The number of rotatable bonds is 8. The number of hydrogen-bond donors (Lipinski definition) is 1. The van der Waals surface area contributed by atoms with Crippen molar-refractivity contribution in [3.8, 4) is 5.75 Å². The summed E-state index contributed by atoms with van der Waals surface area (Å²) in [4.78, 5) is 12.4. The molecular weight excluding hydrogens is 507 g/mol. The summed E-state index contributed by atoms with van der Waals surface area (Å²) in [6.45, 7) is -0.881. The molecule has 1 N–H and O–H groups in total. The first-order valence-electron chi connectivity index (χ1n) is 9.93. The molecule has 3 aromatic rings. The predicted octanol–water partition coefficient (Wildman–Crippen LogP) is 4.71. The molecule has 0 fully saturated rings. The highest BCUT2D eigenvalue weighted by atomic mass is 35.5. The predicted molar refractivity (Wildman–Crippen MR) is 126 cm³/mol. The van der Waals surface area contributed by atoms with E-state index in [9.17, 15) is 26.4 Å². The summed E-state index contributed by atoms with van der Waals surface area (Å²) in [6, 6.07) is 15.9. The van der Waals surface area contributed by atoms with Gasteiger partial charge in [-0.2, -0.15) is 18.3 Å². The van der Waals surface area contributed by atoms with Crippen LogP contribution in [0.15, 0.2) is 82.8 Å². The molecule has 0 aliphatic heterocycles. The lowest BCUT2D eigenvalue weighted by molar-refractivity contribution is -0.137. The van der Waals surface area contributed by atoms with Gasteiger partial charge in [-0.15, -0.1) is 0 Å². The zero-order chi connectivity index (χ0) is 25.6. The molecule has 12 heteroatoms. The average molecular weight is 526 g/mol. The molecule has 0 heterocycles. The molecule has 184 valence electrons. The number of ether oxygens (including phenoxy) is 1. The number of sulfonamides is 1. The van der Waals surface area contributed by atoms with Crippen LogP contribution in [0.4, 0.5) is 18.9 Å². The van der Waals surface area contributed by atoms with E-state index in [1.54, 1.807) is 30.3 Å². The molecule has 0 unspecified atom stereocenters. The number of benzene rings is 3. The van der Waals surface area contributed by atoms with Crippen LogP contribution < -0.4 is 14.5 Å².